The predicted octanol–water partition coefficient (Wildman–Crippen LogP) is 2.49. The number of anilines is 1. The molecule has 3 rings (SSSR count). The van der Waals surface area contributed by atoms with Crippen molar-refractivity contribution in [3.63, 3.8) is 0 Å². The average Bonchev–Trinajstić information content (AvgIpc) is 2.70. The first-order valence-corrected chi connectivity index (χ1v) is 9.59. The summed E-state index contributed by atoms with van der Waals surface area (Å²) in [5, 5.41) is 11.0. The van der Waals surface area contributed by atoms with Gasteiger partial charge in [0.15, 0.2) is 0 Å². The minimum atomic E-state index is -4.36. The SMILES string of the molecule is CC1=CC(O)=CCN1NC(=O)COCN1CCN(c2cccc(C(F)(F)F)c2)CC1. The van der Waals surface area contributed by atoms with Crippen molar-refractivity contribution >= 4 is 11.6 Å². The molecule has 10 heteroatoms. The Balaban J connectivity index is 1.38. The highest BCUT2D eigenvalue weighted by Crippen LogP contribution is 2.31. The zero-order chi connectivity index (χ0) is 21.7. The van der Waals surface area contributed by atoms with Crippen LogP contribution in [0.5, 0.6) is 0 Å². The Bertz CT molecular complexity index is 818. The molecule has 2 heterocycles. The molecule has 2 N–H and O–H groups in total. The molecule has 0 bridgehead atoms. The molecular formula is C20H25F3N4O3. The van der Waals surface area contributed by atoms with Gasteiger partial charge < -0.3 is 14.7 Å². The second-order valence-electron chi connectivity index (χ2n) is 7.19. The van der Waals surface area contributed by atoms with Gasteiger partial charge in [-0.1, -0.05) is 6.07 Å². The molecule has 0 unspecified atom stereocenters. The van der Waals surface area contributed by atoms with Gasteiger partial charge >= 0.3 is 6.18 Å². The summed E-state index contributed by atoms with van der Waals surface area (Å²) in [7, 11) is 0. The van der Waals surface area contributed by atoms with Gasteiger partial charge in [-0.3, -0.25) is 20.1 Å². The Hall–Kier alpha value is -2.72. The van der Waals surface area contributed by atoms with Gasteiger partial charge in [-0.15, -0.1) is 0 Å². The van der Waals surface area contributed by atoms with Crippen LogP contribution in [0.4, 0.5) is 18.9 Å². The molecule has 1 fully saturated rings. The smallest absolute Gasteiger partial charge is 0.416 e. The lowest BCUT2D eigenvalue weighted by Crippen LogP contribution is -2.48. The number of benzene rings is 1. The molecule has 1 amide bonds. The van der Waals surface area contributed by atoms with Gasteiger partial charge in [0, 0.05) is 43.6 Å². The lowest BCUT2D eigenvalue weighted by molar-refractivity contribution is -0.137. The number of alkyl halides is 3. The number of aliphatic hydroxyl groups excluding tert-OH is 1. The first kappa shape index (κ1) is 22.0. The Labute approximate surface area is 173 Å². The van der Waals surface area contributed by atoms with E-state index in [1.54, 1.807) is 30.2 Å². The number of hydrazine groups is 1. The molecule has 2 aliphatic rings. The second-order valence-corrected chi connectivity index (χ2v) is 7.19. The second kappa shape index (κ2) is 9.40. The topological polar surface area (TPSA) is 68.3 Å². The molecule has 1 aromatic rings. The fraction of sp³-hybridized carbons (Fsp3) is 0.450. The van der Waals surface area contributed by atoms with Gasteiger partial charge in [-0.2, -0.15) is 13.2 Å². The van der Waals surface area contributed by atoms with E-state index in [4.69, 9.17) is 4.74 Å². The maximum Gasteiger partial charge on any atom is 0.416 e. The Morgan fingerprint density at radius 2 is 1.97 bits per heavy atom. The van der Waals surface area contributed by atoms with E-state index in [2.05, 4.69) is 5.43 Å². The lowest BCUT2D eigenvalue weighted by atomic mass is 10.1. The third-order valence-corrected chi connectivity index (χ3v) is 4.94. The fourth-order valence-electron chi connectivity index (χ4n) is 3.28. The van der Waals surface area contributed by atoms with Crippen LogP contribution in [0, 0.1) is 0 Å². The number of carbonyl (C=O) groups excluding carboxylic acids is 1. The summed E-state index contributed by atoms with van der Waals surface area (Å²) in [5.74, 6) is -0.140. The highest BCUT2D eigenvalue weighted by atomic mass is 19.4. The predicted molar refractivity (Wildman–Crippen MR) is 105 cm³/mol. The molecule has 2 aliphatic heterocycles. The molecule has 0 saturated carbocycles. The highest BCUT2D eigenvalue weighted by Gasteiger charge is 2.31. The molecular weight excluding hydrogens is 401 g/mol. The van der Waals surface area contributed by atoms with Gasteiger partial charge in [0.1, 0.15) is 12.4 Å². The molecule has 0 radical (unpaired) electrons. The van der Waals surface area contributed by atoms with Crippen LogP contribution < -0.4 is 10.3 Å². The minimum Gasteiger partial charge on any atom is -0.508 e. The van der Waals surface area contributed by atoms with Crippen molar-refractivity contribution in [2.24, 2.45) is 0 Å². The van der Waals surface area contributed by atoms with Gasteiger partial charge in [0.2, 0.25) is 0 Å². The summed E-state index contributed by atoms with van der Waals surface area (Å²) in [6, 6.07) is 5.33. The molecule has 0 aliphatic carbocycles. The molecule has 7 nitrogen and oxygen atoms in total. The highest BCUT2D eigenvalue weighted by molar-refractivity contribution is 5.76. The van der Waals surface area contributed by atoms with Crippen molar-refractivity contribution in [1.82, 2.24) is 15.3 Å². The van der Waals surface area contributed by atoms with Crippen LogP contribution in [0.1, 0.15) is 12.5 Å². The Kier molecular flexibility index (Phi) is 6.88. The van der Waals surface area contributed by atoms with Crippen LogP contribution in [0.3, 0.4) is 0 Å². The third kappa shape index (κ3) is 5.90. The molecule has 0 spiro atoms. The van der Waals surface area contributed by atoms with Crippen molar-refractivity contribution in [3.05, 3.63) is 53.4 Å². The van der Waals surface area contributed by atoms with Crippen LogP contribution in [0.2, 0.25) is 0 Å². The summed E-state index contributed by atoms with van der Waals surface area (Å²) >= 11 is 0. The number of ether oxygens (including phenoxy) is 1. The molecule has 0 aromatic heterocycles. The van der Waals surface area contributed by atoms with E-state index >= 15 is 0 Å². The van der Waals surface area contributed by atoms with E-state index in [0.29, 0.717) is 44.1 Å². The first-order valence-electron chi connectivity index (χ1n) is 9.59. The Morgan fingerprint density at radius 3 is 2.63 bits per heavy atom. The van der Waals surface area contributed by atoms with E-state index in [1.807, 2.05) is 9.80 Å². The summed E-state index contributed by atoms with van der Waals surface area (Å²) in [6.45, 7) is 4.68. The van der Waals surface area contributed by atoms with Crippen LogP contribution in [-0.2, 0) is 15.7 Å². The largest absolute Gasteiger partial charge is 0.508 e. The number of halogens is 3. The molecule has 1 saturated heterocycles. The van der Waals surface area contributed by atoms with Crippen molar-refractivity contribution in [1.29, 1.82) is 0 Å². The standard InChI is InChI=1S/C20H25F3N4O3/c1-15-11-18(28)5-6-27(15)24-19(29)13-30-14-25-7-9-26(10-8-25)17-4-2-3-16(12-17)20(21,22)23/h2-5,11-12,28H,6-10,13-14H2,1H3,(H,24,29). The number of hydrogen-bond acceptors (Lipinski definition) is 6. The Morgan fingerprint density at radius 1 is 1.23 bits per heavy atom. The van der Waals surface area contributed by atoms with Gasteiger partial charge in [0.25, 0.3) is 5.91 Å². The van der Waals surface area contributed by atoms with Crippen molar-refractivity contribution in [3.8, 4) is 0 Å². The summed E-state index contributed by atoms with van der Waals surface area (Å²) in [6.07, 6.45) is -1.22. The fourth-order valence-corrected chi connectivity index (χ4v) is 3.28. The number of carbonyl (C=O) groups is 1. The monoisotopic (exact) mass is 426 g/mol. The zero-order valence-corrected chi connectivity index (χ0v) is 16.7. The number of amides is 1. The van der Waals surface area contributed by atoms with Crippen molar-refractivity contribution in [2.75, 3.05) is 51.0 Å². The normalized spacial score (nSPS) is 18.1. The maximum absolute atomic E-state index is 12.9. The third-order valence-electron chi connectivity index (χ3n) is 4.94. The number of aliphatic hydroxyl groups is 1. The van der Waals surface area contributed by atoms with E-state index in [-0.39, 0.29) is 25.0 Å². The van der Waals surface area contributed by atoms with Crippen LogP contribution in [0.25, 0.3) is 0 Å². The van der Waals surface area contributed by atoms with E-state index in [9.17, 15) is 23.1 Å². The van der Waals surface area contributed by atoms with Crippen molar-refractivity contribution in [2.45, 2.75) is 13.1 Å². The van der Waals surface area contributed by atoms with E-state index in [1.165, 1.54) is 12.1 Å². The molecule has 164 valence electrons. The summed E-state index contributed by atoms with van der Waals surface area (Å²) in [5.41, 5.74) is 3.32. The summed E-state index contributed by atoms with van der Waals surface area (Å²) < 4.78 is 44.2. The average molecular weight is 426 g/mol. The number of nitrogens with one attached hydrogen (secondary N) is 1. The lowest BCUT2D eigenvalue weighted by Gasteiger charge is -2.36. The van der Waals surface area contributed by atoms with E-state index < -0.39 is 11.7 Å². The number of nitrogens with zero attached hydrogens (tertiary/aromatic N) is 3. The minimum absolute atomic E-state index is 0.118. The number of hydrogen-bond donors (Lipinski definition) is 2. The number of piperazine rings is 1. The quantitative estimate of drug-likeness (QED) is 0.729. The maximum atomic E-state index is 12.9. The van der Waals surface area contributed by atoms with Gasteiger partial charge in [0.05, 0.1) is 18.8 Å². The number of allylic oxidation sites excluding steroid dienone is 2. The van der Waals surface area contributed by atoms with Gasteiger partial charge in [-0.05, 0) is 31.2 Å². The molecule has 1 aromatic carbocycles. The molecule has 30 heavy (non-hydrogen) atoms. The van der Waals surface area contributed by atoms with Crippen molar-refractivity contribution < 1.29 is 27.8 Å². The van der Waals surface area contributed by atoms with Crippen LogP contribution >= 0.6 is 0 Å². The van der Waals surface area contributed by atoms with Crippen LogP contribution in [0.15, 0.2) is 47.9 Å². The van der Waals surface area contributed by atoms with Gasteiger partial charge in [-0.25, -0.2) is 0 Å². The molecule has 0 atom stereocenters. The number of rotatable bonds is 6. The first-order chi connectivity index (χ1) is 14.2. The zero-order valence-electron chi connectivity index (χ0n) is 16.7. The van der Waals surface area contributed by atoms with Crippen LogP contribution in [-0.4, -0.2) is 67.0 Å². The van der Waals surface area contributed by atoms with E-state index in [0.717, 1.165) is 6.07 Å². The summed E-state index contributed by atoms with van der Waals surface area (Å²) in [4.78, 5) is 15.9.